The first-order chi connectivity index (χ1) is 8.16. The van der Waals surface area contributed by atoms with Crippen molar-refractivity contribution in [1.82, 2.24) is 4.98 Å². The Morgan fingerprint density at radius 1 is 0.941 bits per heavy atom. The zero-order valence-electron chi connectivity index (χ0n) is 9.32. The molecule has 0 N–H and O–H groups in total. The lowest BCUT2D eigenvalue weighted by molar-refractivity contribution is 1.18. The summed E-state index contributed by atoms with van der Waals surface area (Å²) in [4.78, 5) is 4.37. The fourth-order valence-electron chi connectivity index (χ4n) is 1.50. The van der Waals surface area contributed by atoms with Gasteiger partial charge in [-0.05, 0) is 43.3 Å². The van der Waals surface area contributed by atoms with Gasteiger partial charge in [-0.1, -0.05) is 35.3 Å². The van der Waals surface area contributed by atoms with Gasteiger partial charge in [0.15, 0.2) is 0 Å². The molecule has 0 fully saturated rings. The van der Waals surface area contributed by atoms with Gasteiger partial charge < -0.3 is 0 Å². The summed E-state index contributed by atoms with van der Waals surface area (Å²) >= 11 is 12.1. The summed E-state index contributed by atoms with van der Waals surface area (Å²) in [5.74, 6) is 0. The molecule has 1 aromatic carbocycles. The van der Waals surface area contributed by atoms with Crippen LogP contribution in [-0.4, -0.2) is 4.98 Å². The maximum atomic E-state index is 6.07. The molecule has 0 unspecified atom stereocenters. The molecule has 0 bridgehead atoms. The van der Waals surface area contributed by atoms with Gasteiger partial charge in [-0.15, -0.1) is 0 Å². The molecule has 2 aromatic rings. The number of hydrogen-bond acceptors (Lipinski definition) is 1. The third-order valence-electron chi connectivity index (χ3n) is 2.33. The normalized spacial score (nSPS) is 11.0. The second-order valence-electron chi connectivity index (χ2n) is 3.67. The predicted molar refractivity (Wildman–Crippen MR) is 74.4 cm³/mol. The van der Waals surface area contributed by atoms with Gasteiger partial charge in [-0.3, -0.25) is 4.98 Å². The molecule has 0 aliphatic heterocycles. The zero-order chi connectivity index (χ0) is 12.3. The Labute approximate surface area is 111 Å². The highest BCUT2D eigenvalue weighted by molar-refractivity contribution is 6.37. The summed E-state index contributed by atoms with van der Waals surface area (Å²) < 4.78 is 0. The second kappa shape index (κ2) is 5.35. The quantitative estimate of drug-likeness (QED) is 0.754. The zero-order valence-corrected chi connectivity index (χ0v) is 10.8. The highest BCUT2D eigenvalue weighted by atomic mass is 35.5. The molecule has 2 rings (SSSR count). The lowest BCUT2D eigenvalue weighted by atomic mass is 10.2. The molecule has 0 saturated heterocycles. The maximum Gasteiger partial charge on any atom is 0.0633 e. The minimum Gasteiger partial charge on any atom is -0.254 e. The molecule has 0 spiro atoms. The SMILES string of the molecule is Cc1cccc(C=Cc2c(Cl)cccc2Cl)n1. The van der Waals surface area contributed by atoms with Crippen molar-refractivity contribution in [3.05, 3.63) is 63.4 Å². The molecule has 86 valence electrons. The summed E-state index contributed by atoms with van der Waals surface area (Å²) in [6, 6.07) is 11.3. The van der Waals surface area contributed by atoms with Crippen molar-refractivity contribution in [3.8, 4) is 0 Å². The van der Waals surface area contributed by atoms with Gasteiger partial charge in [-0.25, -0.2) is 0 Å². The Hall–Kier alpha value is -1.31. The topological polar surface area (TPSA) is 12.9 Å². The summed E-state index contributed by atoms with van der Waals surface area (Å²) in [7, 11) is 0. The second-order valence-corrected chi connectivity index (χ2v) is 4.49. The van der Waals surface area contributed by atoms with Crippen LogP contribution in [0.5, 0.6) is 0 Å². The van der Waals surface area contributed by atoms with E-state index in [1.807, 2.05) is 55.5 Å². The van der Waals surface area contributed by atoms with E-state index in [2.05, 4.69) is 4.98 Å². The van der Waals surface area contributed by atoms with E-state index in [-0.39, 0.29) is 0 Å². The van der Waals surface area contributed by atoms with Crippen molar-refractivity contribution < 1.29 is 0 Å². The predicted octanol–water partition coefficient (Wildman–Crippen LogP) is 4.87. The fourth-order valence-corrected chi connectivity index (χ4v) is 2.02. The molecule has 1 aromatic heterocycles. The Bertz CT molecular complexity index is 542. The van der Waals surface area contributed by atoms with Gasteiger partial charge in [0, 0.05) is 21.3 Å². The molecule has 0 radical (unpaired) electrons. The molecular weight excluding hydrogens is 253 g/mol. The molecule has 0 amide bonds. The van der Waals surface area contributed by atoms with Crippen LogP contribution in [0, 0.1) is 6.92 Å². The maximum absolute atomic E-state index is 6.07. The number of halogens is 2. The van der Waals surface area contributed by atoms with E-state index in [0.29, 0.717) is 10.0 Å². The van der Waals surface area contributed by atoms with E-state index in [1.165, 1.54) is 0 Å². The Kier molecular flexibility index (Phi) is 3.82. The summed E-state index contributed by atoms with van der Waals surface area (Å²) in [5.41, 5.74) is 2.69. The number of rotatable bonds is 2. The van der Waals surface area contributed by atoms with Gasteiger partial charge in [-0.2, -0.15) is 0 Å². The average molecular weight is 264 g/mol. The number of pyridine rings is 1. The summed E-state index contributed by atoms with van der Waals surface area (Å²) in [5, 5.41) is 1.28. The van der Waals surface area contributed by atoms with Crippen LogP contribution in [0.4, 0.5) is 0 Å². The van der Waals surface area contributed by atoms with Crippen LogP contribution in [0.1, 0.15) is 17.0 Å². The van der Waals surface area contributed by atoms with Crippen molar-refractivity contribution in [2.75, 3.05) is 0 Å². The van der Waals surface area contributed by atoms with Crippen LogP contribution < -0.4 is 0 Å². The van der Waals surface area contributed by atoms with E-state index >= 15 is 0 Å². The van der Waals surface area contributed by atoms with Crippen LogP contribution in [0.3, 0.4) is 0 Å². The van der Waals surface area contributed by atoms with Gasteiger partial charge in [0.05, 0.1) is 5.69 Å². The van der Waals surface area contributed by atoms with Gasteiger partial charge in [0.25, 0.3) is 0 Å². The minimum absolute atomic E-state index is 0.640. The van der Waals surface area contributed by atoms with Crippen molar-refractivity contribution in [1.29, 1.82) is 0 Å². The average Bonchev–Trinajstić information content (AvgIpc) is 2.28. The monoisotopic (exact) mass is 263 g/mol. The Balaban J connectivity index is 2.32. The van der Waals surface area contributed by atoms with E-state index in [9.17, 15) is 0 Å². The number of benzene rings is 1. The molecule has 0 aliphatic carbocycles. The number of hydrogen-bond donors (Lipinski definition) is 0. The van der Waals surface area contributed by atoms with Crippen LogP contribution in [0.15, 0.2) is 36.4 Å². The summed E-state index contributed by atoms with van der Waals surface area (Å²) in [6.07, 6.45) is 3.78. The van der Waals surface area contributed by atoms with E-state index in [4.69, 9.17) is 23.2 Å². The third-order valence-corrected chi connectivity index (χ3v) is 2.99. The van der Waals surface area contributed by atoms with E-state index in [0.717, 1.165) is 17.0 Å². The standard InChI is InChI=1S/C14H11Cl2N/c1-10-4-2-5-11(17-10)8-9-12-13(15)6-3-7-14(12)16/h2-9H,1H3. The van der Waals surface area contributed by atoms with Crippen LogP contribution in [-0.2, 0) is 0 Å². The largest absolute Gasteiger partial charge is 0.254 e. The van der Waals surface area contributed by atoms with Crippen LogP contribution in [0.2, 0.25) is 10.0 Å². The molecule has 17 heavy (non-hydrogen) atoms. The van der Waals surface area contributed by atoms with Crippen molar-refractivity contribution in [3.63, 3.8) is 0 Å². The molecule has 0 aliphatic rings. The molecule has 1 heterocycles. The summed E-state index contributed by atoms with van der Waals surface area (Å²) in [6.45, 7) is 1.96. The van der Waals surface area contributed by atoms with Crippen molar-refractivity contribution in [2.45, 2.75) is 6.92 Å². The first-order valence-corrected chi connectivity index (χ1v) is 5.98. The Morgan fingerprint density at radius 3 is 2.24 bits per heavy atom. The van der Waals surface area contributed by atoms with E-state index in [1.54, 1.807) is 0 Å². The van der Waals surface area contributed by atoms with Gasteiger partial charge in [0.1, 0.15) is 0 Å². The molecular formula is C14H11Cl2N. The third kappa shape index (κ3) is 3.09. The molecule has 0 atom stereocenters. The van der Waals surface area contributed by atoms with Crippen molar-refractivity contribution >= 4 is 35.4 Å². The number of aryl methyl sites for hydroxylation is 1. The van der Waals surface area contributed by atoms with Gasteiger partial charge >= 0.3 is 0 Å². The van der Waals surface area contributed by atoms with E-state index < -0.39 is 0 Å². The smallest absolute Gasteiger partial charge is 0.0633 e. The van der Waals surface area contributed by atoms with Crippen LogP contribution in [0.25, 0.3) is 12.2 Å². The highest BCUT2D eigenvalue weighted by Gasteiger charge is 2.01. The Morgan fingerprint density at radius 2 is 1.59 bits per heavy atom. The lowest BCUT2D eigenvalue weighted by Gasteiger charge is -2.01. The molecule has 1 nitrogen and oxygen atoms in total. The highest BCUT2D eigenvalue weighted by Crippen LogP contribution is 2.26. The number of aromatic nitrogens is 1. The lowest BCUT2D eigenvalue weighted by Crippen LogP contribution is -1.83. The van der Waals surface area contributed by atoms with Crippen molar-refractivity contribution in [2.24, 2.45) is 0 Å². The fraction of sp³-hybridized carbons (Fsp3) is 0.0714. The van der Waals surface area contributed by atoms with Gasteiger partial charge in [0.2, 0.25) is 0 Å². The first-order valence-electron chi connectivity index (χ1n) is 5.22. The number of nitrogens with zero attached hydrogens (tertiary/aromatic N) is 1. The first kappa shape index (κ1) is 12.2. The molecule has 3 heteroatoms. The molecule has 0 saturated carbocycles. The minimum atomic E-state index is 0.640. The van der Waals surface area contributed by atoms with Crippen LogP contribution >= 0.6 is 23.2 Å².